The van der Waals surface area contributed by atoms with E-state index in [0.717, 1.165) is 18.5 Å². The Balaban J connectivity index is 2.04. The molecule has 3 nitrogen and oxygen atoms in total. The maximum absolute atomic E-state index is 9.22. The molecule has 1 aromatic rings. The average molecular weight is 245 g/mol. The van der Waals surface area contributed by atoms with Gasteiger partial charge in [0, 0.05) is 12.6 Å². The summed E-state index contributed by atoms with van der Waals surface area (Å²) in [6, 6.07) is 5.08. The molecule has 1 aromatic heterocycles. The Labute approximate surface area is 110 Å². The number of aromatic nitrogens is 2. The summed E-state index contributed by atoms with van der Waals surface area (Å²) in [4.78, 5) is 0. The van der Waals surface area contributed by atoms with E-state index in [4.69, 9.17) is 0 Å². The van der Waals surface area contributed by atoms with Crippen molar-refractivity contribution in [2.45, 2.75) is 64.8 Å². The van der Waals surface area contributed by atoms with E-state index in [-0.39, 0.29) is 5.41 Å². The molecule has 0 amide bonds. The molecule has 0 saturated heterocycles. The zero-order valence-electron chi connectivity index (χ0n) is 11.5. The Kier molecular flexibility index (Phi) is 4.06. The highest BCUT2D eigenvalue weighted by Gasteiger charge is 2.24. The van der Waals surface area contributed by atoms with Crippen LogP contribution < -0.4 is 0 Å². The summed E-state index contributed by atoms with van der Waals surface area (Å²) < 4.78 is 2.13. The third-order valence-corrected chi connectivity index (χ3v) is 4.23. The Bertz CT molecular complexity index is 423. The van der Waals surface area contributed by atoms with E-state index in [9.17, 15) is 5.26 Å². The zero-order valence-corrected chi connectivity index (χ0v) is 11.5. The summed E-state index contributed by atoms with van der Waals surface area (Å²) in [6.07, 6.45) is 10.3. The van der Waals surface area contributed by atoms with E-state index >= 15 is 0 Å². The summed E-state index contributed by atoms with van der Waals surface area (Å²) in [5.74, 6) is 0. The predicted octanol–water partition coefficient (Wildman–Crippen LogP) is 3.87. The van der Waals surface area contributed by atoms with Gasteiger partial charge in [0.1, 0.15) is 0 Å². The van der Waals surface area contributed by atoms with Crippen molar-refractivity contribution in [3.63, 3.8) is 0 Å². The van der Waals surface area contributed by atoms with Crippen LogP contribution in [0.5, 0.6) is 0 Å². The molecule has 0 aliphatic heterocycles. The maximum Gasteiger partial charge on any atom is 0.0690 e. The van der Waals surface area contributed by atoms with Gasteiger partial charge in [-0.1, -0.05) is 26.2 Å². The molecule has 1 unspecified atom stereocenters. The summed E-state index contributed by atoms with van der Waals surface area (Å²) in [5, 5.41) is 13.9. The van der Waals surface area contributed by atoms with Crippen molar-refractivity contribution in [1.82, 2.24) is 9.78 Å². The SMILES string of the molecule is CCC(C)(C#N)Cc1ccn(C2CCCCC2)n1. The van der Waals surface area contributed by atoms with Crippen molar-refractivity contribution in [2.24, 2.45) is 5.41 Å². The van der Waals surface area contributed by atoms with Crippen molar-refractivity contribution >= 4 is 0 Å². The Morgan fingerprint density at radius 2 is 2.17 bits per heavy atom. The van der Waals surface area contributed by atoms with Crippen molar-refractivity contribution in [1.29, 1.82) is 5.26 Å². The van der Waals surface area contributed by atoms with Gasteiger partial charge in [-0.2, -0.15) is 10.4 Å². The van der Waals surface area contributed by atoms with E-state index in [2.05, 4.69) is 35.0 Å². The van der Waals surface area contributed by atoms with Gasteiger partial charge in [0.2, 0.25) is 0 Å². The van der Waals surface area contributed by atoms with Gasteiger partial charge in [-0.15, -0.1) is 0 Å². The number of nitrogens with zero attached hydrogens (tertiary/aromatic N) is 3. The van der Waals surface area contributed by atoms with E-state index < -0.39 is 0 Å². The van der Waals surface area contributed by atoms with Crippen LogP contribution in [0.25, 0.3) is 0 Å². The molecule has 98 valence electrons. The fourth-order valence-electron chi connectivity index (χ4n) is 2.66. The molecule has 1 saturated carbocycles. The topological polar surface area (TPSA) is 41.6 Å². The van der Waals surface area contributed by atoms with Crippen LogP contribution in [-0.2, 0) is 6.42 Å². The lowest BCUT2D eigenvalue weighted by Gasteiger charge is -2.22. The van der Waals surface area contributed by atoms with E-state index in [1.54, 1.807) is 0 Å². The molecule has 0 bridgehead atoms. The van der Waals surface area contributed by atoms with E-state index in [1.165, 1.54) is 32.1 Å². The molecule has 1 fully saturated rings. The molecule has 0 spiro atoms. The first-order valence-electron chi connectivity index (χ1n) is 7.12. The first-order valence-corrected chi connectivity index (χ1v) is 7.12. The minimum atomic E-state index is -0.272. The summed E-state index contributed by atoms with van der Waals surface area (Å²) in [5.41, 5.74) is 0.789. The van der Waals surface area contributed by atoms with Crippen LogP contribution in [0, 0.1) is 16.7 Å². The molecule has 1 aliphatic carbocycles. The van der Waals surface area contributed by atoms with Gasteiger partial charge in [-0.25, -0.2) is 0 Å². The second-order valence-electron chi connectivity index (χ2n) is 5.78. The van der Waals surface area contributed by atoms with Crippen LogP contribution in [-0.4, -0.2) is 9.78 Å². The predicted molar refractivity (Wildman–Crippen MR) is 72.1 cm³/mol. The van der Waals surface area contributed by atoms with E-state index in [0.29, 0.717) is 6.04 Å². The van der Waals surface area contributed by atoms with Gasteiger partial charge in [0.25, 0.3) is 0 Å². The van der Waals surface area contributed by atoms with Crippen LogP contribution in [0.1, 0.15) is 64.1 Å². The largest absolute Gasteiger partial charge is 0.269 e. The summed E-state index contributed by atoms with van der Waals surface area (Å²) in [7, 11) is 0. The molecule has 0 aromatic carbocycles. The highest BCUT2D eigenvalue weighted by Crippen LogP contribution is 2.29. The van der Waals surface area contributed by atoms with Crippen LogP contribution in [0.4, 0.5) is 0 Å². The number of hydrogen-bond acceptors (Lipinski definition) is 2. The molecular formula is C15H23N3. The van der Waals surface area contributed by atoms with Crippen molar-refractivity contribution < 1.29 is 0 Å². The van der Waals surface area contributed by atoms with Crippen LogP contribution in [0.2, 0.25) is 0 Å². The smallest absolute Gasteiger partial charge is 0.0690 e. The third kappa shape index (κ3) is 2.93. The fourth-order valence-corrected chi connectivity index (χ4v) is 2.66. The second-order valence-corrected chi connectivity index (χ2v) is 5.78. The minimum Gasteiger partial charge on any atom is -0.269 e. The fraction of sp³-hybridized carbons (Fsp3) is 0.733. The summed E-state index contributed by atoms with van der Waals surface area (Å²) >= 11 is 0. The van der Waals surface area contributed by atoms with Crippen molar-refractivity contribution in [3.8, 4) is 6.07 Å². The molecule has 1 atom stereocenters. The van der Waals surface area contributed by atoms with Gasteiger partial charge in [-0.3, -0.25) is 4.68 Å². The van der Waals surface area contributed by atoms with Gasteiger partial charge in [0.15, 0.2) is 0 Å². The lowest BCUT2D eigenvalue weighted by Crippen LogP contribution is -2.17. The van der Waals surface area contributed by atoms with Crippen molar-refractivity contribution in [2.75, 3.05) is 0 Å². The molecule has 1 heterocycles. The Morgan fingerprint density at radius 3 is 2.78 bits per heavy atom. The van der Waals surface area contributed by atoms with Gasteiger partial charge >= 0.3 is 0 Å². The highest BCUT2D eigenvalue weighted by molar-refractivity contribution is 5.08. The second kappa shape index (κ2) is 5.56. The van der Waals surface area contributed by atoms with Gasteiger partial charge in [0.05, 0.1) is 23.2 Å². The van der Waals surface area contributed by atoms with Gasteiger partial charge in [-0.05, 0) is 32.3 Å². The average Bonchev–Trinajstić information content (AvgIpc) is 2.88. The maximum atomic E-state index is 9.22. The molecule has 18 heavy (non-hydrogen) atoms. The Hall–Kier alpha value is -1.30. The highest BCUT2D eigenvalue weighted by atomic mass is 15.3. The monoisotopic (exact) mass is 245 g/mol. The molecule has 1 aliphatic rings. The zero-order chi connectivity index (χ0) is 13.0. The first-order chi connectivity index (χ1) is 8.67. The van der Waals surface area contributed by atoms with E-state index in [1.807, 2.05) is 6.92 Å². The third-order valence-electron chi connectivity index (χ3n) is 4.23. The number of hydrogen-bond donors (Lipinski definition) is 0. The first kappa shape index (κ1) is 13.1. The molecular weight excluding hydrogens is 222 g/mol. The number of rotatable bonds is 4. The van der Waals surface area contributed by atoms with Gasteiger partial charge < -0.3 is 0 Å². The molecule has 2 rings (SSSR count). The lowest BCUT2D eigenvalue weighted by molar-refractivity contribution is 0.325. The van der Waals surface area contributed by atoms with Crippen molar-refractivity contribution in [3.05, 3.63) is 18.0 Å². The van der Waals surface area contributed by atoms with Crippen LogP contribution in [0.15, 0.2) is 12.3 Å². The molecule has 0 N–H and O–H groups in total. The lowest BCUT2D eigenvalue weighted by atomic mass is 9.84. The summed E-state index contributed by atoms with van der Waals surface area (Å²) in [6.45, 7) is 4.09. The molecule has 0 radical (unpaired) electrons. The number of nitriles is 1. The van der Waals surface area contributed by atoms with Crippen LogP contribution >= 0.6 is 0 Å². The van der Waals surface area contributed by atoms with Crippen LogP contribution in [0.3, 0.4) is 0 Å². The normalized spacial score (nSPS) is 20.3. The Morgan fingerprint density at radius 1 is 1.44 bits per heavy atom. The minimum absolute atomic E-state index is 0.272. The quantitative estimate of drug-likeness (QED) is 0.808. The molecule has 3 heteroatoms. The standard InChI is InChI=1S/C15H23N3/c1-3-15(2,12-16)11-13-9-10-18(17-13)14-7-5-4-6-8-14/h9-10,14H,3-8,11H2,1-2H3.